The quantitative estimate of drug-likeness (QED) is 0.557. The number of aliphatic hydroxyl groups excluding tert-OH is 1. The van der Waals surface area contributed by atoms with E-state index in [-0.39, 0.29) is 18.6 Å². The zero-order valence-corrected chi connectivity index (χ0v) is 6.23. The van der Waals surface area contributed by atoms with Crippen LogP contribution in [-0.2, 0) is 4.79 Å². The third kappa shape index (κ3) is 1.92. The molecule has 4 nitrogen and oxygen atoms in total. The van der Waals surface area contributed by atoms with Crippen molar-refractivity contribution in [2.24, 2.45) is 0 Å². The summed E-state index contributed by atoms with van der Waals surface area (Å²) in [5.74, 6) is -0.107. The molecule has 1 rings (SSSR count). The molecule has 1 aliphatic rings. The Morgan fingerprint density at radius 2 is 2.55 bits per heavy atom. The lowest BCUT2D eigenvalue weighted by Gasteiger charge is -2.09. The molecule has 0 unspecified atom stereocenters. The normalized spacial score (nSPS) is 23.3. The molecular weight excluding hydrogens is 144 g/mol. The van der Waals surface area contributed by atoms with Gasteiger partial charge in [-0.25, -0.2) is 0 Å². The summed E-state index contributed by atoms with van der Waals surface area (Å²) < 4.78 is 0. The first-order valence-electron chi connectivity index (χ1n) is 3.56. The smallest absolute Gasteiger partial charge is 0.339 e. The summed E-state index contributed by atoms with van der Waals surface area (Å²) in [7, 11) is 0. The van der Waals surface area contributed by atoms with E-state index in [1.165, 1.54) is 0 Å². The summed E-state index contributed by atoms with van der Waals surface area (Å²) in [5.41, 5.74) is 0. The Kier molecular flexibility index (Phi) is 2.44. The van der Waals surface area contributed by atoms with E-state index in [4.69, 9.17) is 11.7 Å². The summed E-state index contributed by atoms with van der Waals surface area (Å²) in [6.07, 6.45) is 0.299. The maximum absolute atomic E-state index is 11.0. The van der Waals surface area contributed by atoms with Gasteiger partial charge in [-0.2, -0.15) is 0 Å². The van der Waals surface area contributed by atoms with Crippen LogP contribution >= 0.6 is 0 Å². The van der Waals surface area contributed by atoms with Gasteiger partial charge in [-0.1, -0.05) is 4.85 Å². The maximum atomic E-state index is 11.0. The standard InChI is InChI=1S/C7H11N2O2/c1-8-4-7(11)9-3-2-6(10)5-9/h1,6,10H,2-5H2/q+1/t6-/m1/s1. The monoisotopic (exact) mass is 155 g/mol. The van der Waals surface area contributed by atoms with Gasteiger partial charge in [0.2, 0.25) is 0 Å². The third-order valence-corrected chi connectivity index (χ3v) is 1.74. The van der Waals surface area contributed by atoms with Crippen LogP contribution in [0.4, 0.5) is 0 Å². The molecule has 60 valence electrons. The maximum Gasteiger partial charge on any atom is 0.339 e. The highest BCUT2D eigenvalue weighted by atomic mass is 16.3. The van der Waals surface area contributed by atoms with Gasteiger partial charge >= 0.3 is 12.5 Å². The van der Waals surface area contributed by atoms with Gasteiger partial charge in [0.25, 0.3) is 6.57 Å². The molecule has 0 spiro atoms. The minimum atomic E-state index is -0.364. The van der Waals surface area contributed by atoms with E-state index in [0.29, 0.717) is 19.5 Å². The lowest BCUT2D eigenvalue weighted by molar-refractivity contribution is -0.128. The molecule has 0 aromatic heterocycles. The number of β-amino-alcohol motifs (C(OH)–C–C–N with tert-alkyl or cyclic N) is 1. The van der Waals surface area contributed by atoms with Gasteiger partial charge in [0.1, 0.15) is 0 Å². The average Bonchev–Trinajstić information content (AvgIpc) is 2.36. The molecule has 1 saturated heterocycles. The van der Waals surface area contributed by atoms with E-state index in [1.54, 1.807) is 4.90 Å². The zero-order chi connectivity index (χ0) is 8.27. The van der Waals surface area contributed by atoms with Crippen LogP contribution in [0.3, 0.4) is 0 Å². The fourth-order valence-corrected chi connectivity index (χ4v) is 1.15. The van der Waals surface area contributed by atoms with E-state index in [9.17, 15) is 4.79 Å². The summed E-state index contributed by atoms with van der Waals surface area (Å²) in [6, 6.07) is 0. The van der Waals surface area contributed by atoms with Crippen molar-refractivity contribution < 1.29 is 9.90 Å². The second-order valence-electron chi connectivity index (χ2n) is 2.62. The van der Waals surface area contributed by atoms with Gasteiger partial charge < -0.3 is 10.0 Å². The van der Waals surface area contributed by atoms with Crippen molar-refractivity contribution in [3.63, 3.8) is 0 Å². The second kappa shape index (κ2) is 3.35. The number of aliphatic hydroxyl groups is 1. The largest absolute Gasteiger partial charge is 0.391 e. The Morgan fingerprint density at radius 1 is 1.82 bits per heavy atom. The van der Waals surface area contributed by atoms with Gasteiger partial charge in [-0.3, -0.25) is 4.79 Å². The topological polar surface area (TPSA) is 44.9 Å². The van der Waals surface area contributed by atoms with Crippen molar-refractivity contribution in [2.75, 3.05) is 19.6 Å². The lowest BCUT2D eigenvalue weighted by atomic mass is 10.3. The Bertz CT molecular complexity index is 197. The number of carbonyl (C=O) groups is 1. The number of amides is 1. The highest BCUT2D eigenvalue weighted by Gasteiger charge is 2.26. The van der Waals surface area contributed by atoms with Crippen molar-refractivity contribution in [1.29, 1.82) is 0 Å². The Balaban J connectivity index is 2.38. The number of hydrogen-bond donors (Lipinski definition) is 1. The number of rotatable bonds is 1. The van der Waals surface area contributed by atoms with Gasteiger partial charge in [0, 0.05) is 13.1 Å². The minimum Gasteiger partial charge on any atom is -0.391 e. The van der Waals surface area contributed by atoms with Crippen molar-refractivity contribution in [3.05, 3.63) is 4.85 Å². The van der Waals surface area contributed by atoms with E-state index in [1.807, 2.05) is 0 Å². The van der Waals surface area contributed by atoms with Crippen molar-refractivity contribution in [3.8, 4) is 6.57 Å². The zero-order valence-electron chi connectivity index (χ0n) is 6.23. The predicted octanol–water partition coefficient (Wildman–Crippen LogP) is -0.458. The van der Waals surface area contributed by atoms with Crippen molar-refractivity contribution >= 4 is 5.91 Å². The molecule has 1 heterocycles. The number of likely N-dealkylation sites (tertiary alicyclic amines) is 1. The van der Waals surface area contributed by atoms with Crippen LogP contribution < -0.4 is 0 Å². The van der Waals surface area contributed by atoms with Gasteiger partial charge in [-0.05, 0) is 6.42 Å². The summed E-state index contributed by atoms with van der Waals surface area (Å²) in [6.45, 7) is 5.91. The number of nitrogens with zero attached hydrogens (tertiary/aromatic N) is 2. The third-order valence-electron chi connectivity index (χ3n) is 1.74. The highest BCUT2D eigenvalue weighted by Crippen LogP contribution is 2.08. The van der Waals surface area contributed by atoms with E-state index in [2.05, 4.69) is 4.85 Å². The summed E-state index contributed by atoms with van der Waals surface area (Å²) >= 11 is 0. The fourth-order valence-electron chi connectivity index (χ4n) is 1.15. The van der Waals surface area contributed by atoms with Gasteiger partial charge in [0.05, 0.1) is 6.10 Å². The van der Waals surface area contributed by atoms with Crippen molar-refractivity contribution in [1.82, 2.24) is 4.90 Å². The molecule has 1 aliphatic heterocycles. The molecule has 0 bridgehead atoms. The molecule has 0 aromatic rings. The Morgan fingerprint density at radius 3 is 3.00 bits per heavy atom. The van der Waals surface area contributed by atoms with Crippen LogP contribution in [0.25, 0.3) is 4.85 Å². The summed E-state index contributed by atoms with van der Waals surface area (Å²) in [4.78, 5) is 15.8. The fraction of sp³-hybridized carbons (Fsp3) is 0.714. The number of hydrogen-bond acceptors (Lipinski definition) is 2. The minimum absolute atomic E-state index is 0.0206. The molecule has 4 heteroatoms. The molecule has 0 aromatic carbocycles. The Hall–Kier alpha value is -1.08. The van der Waals surface area contributed by atoms with Crippen LogP contribution in [-0.4, -0.2) is 41.7 Å². The van der Waals surface area contributed by atoms with E-state index in [0.717, 1.165) is 0 Å². The molecule has 11 heavy (non-hydrogen) atoms. The molecule has 1 amide bonds. The van der Waals surface area contributed by atoms with Gasteiger partial charge in [-0.15, -0.1) is 0 Å². The average molecular weight is 155 g/mol. The number of carbonyl (C=O) groups excluding carboxylic acids is 1. The van der Waals surface area contributed by atoms with Gasteiger partial charge in [0.15, 0.2) is 0 Å². The second-order valence-corrected chi connectivity index (χ2v) is 2.62. The van der Waals surface area contributed by atoms with Crippen LogP contribution in [0, 0.1) is 6.57 Å². The summed E-state index contributed by atoms with van der Waals surface area (Å²) in [5, 5.41) is 9.06. The van der Waals surface area contributed by atoms with Crippen LogP contribution in [0.15, 0.2) is 0 Å². The van der Waals surface area contributed by atoms with E-state index >= 15 is 0 Å². The van der Waals surface area contributed by atoms with Crippen LogP contribution in [0.2, 0.25) is 0 Å². The molecule has 1 fully saturated rings. The molecule has 1 N–H and O–H groups in total. The first-order chi connectivity index (χ1) is 5.24. The van der Waals surface area contributed by atoms with E-state index < -0.39 is 0 Å². The first-order valence-corrected chi connectivity index (χ1v) is 3.56. The molecule has 0 aliphatic carbocycles. The lowest BCUT2D eigenvalue weighted by Crippen LogP contribution is -2.30. The molecule has 0 radical (unpaired) electrons. The molecule has 1 atom stereocenters. The van der Waals surface area contributed by atoms with Crippen molar-refractivity contribution in [2.45, 2.75) is 12.5 Å². The molecular formula is C7H11N2O2+. The predicted molar refractivity (Wildman–Crippen MR) is 40.4 cm³/mol. The van der Waals surface area contributed by atoms with Crippen LogP contribution in [0.1, 0.15) is 6.42 Å². The van der Waals surface area contributed by atoms with Crippen LogP contribution in [0.5, 0.6) is 0 Å². The first kappa shape index (κ1) is 8.02. The highest BCUT2D eigenvalue weighted by molar-refractivity contribution is 5.80. The Labute approximate surface area is 65.2 Å². The molecule has 0 saturated carbocycles. The SMILES string of the molecule is C#[N+]CC(=O)N1CC[C@@H](O)C1.